The van der Waals surface area contributed by atoms with Gasteiger partial charge in [0.15, 0.2) is 0 Å². The minimum Gasteiger partial charge on any atom is -0.327 e. The SMILES string of the molecule is Cc1cc(NC(=O)CN2CCC(N)C(C)(C)C2)n(C(C)(C)C)n1. The van der Waals surface area contributed by atoms with E-state index in [4.69, 9.17) is 5.73 Å². The van der Waals surface area contributed by atoms with Crippen molar-refractivity contribution in [2.24, 2.45) is 11.1 Å². The topological polar surface area (TPSA) is 76.2 Å². The molecule has 3 N–H and O–H groups in total. The van der Waals surface area contributed by atoms with E-state index < -0.39 is 0 Å². The third kappa shape index (κ3) is 4.32. The molecule has 1 aromatic heterocycles. The fraction of sp³-hybridized carbons (Fsp3) is 0.765. The maximum absolute atomic E-state index is 12.4. The van der Waals surface area contributed by atoms with Crippen LogP contribution in [-0.4, -0.2) is 46.3 Å². The first-order valence-corrected chi connectivity index (χ1v) is 8.34. The van der Waals surface area contributed by atoms with Crippen molar-refractivity contribution in [3.63, 3.8) is 0 Å². The second kappa shape index (κ2) is 6.24. The molecule has 0 bridgehead atoms. The van der Waals surface area contributed by atoms with Crippen molar-refractivity contribution >= 4 is 11.7 Å². The third-order valence-corrected chi connectivity index (χ3v) is 4.49. The average Bonchev–Trinajstić information content (AvgIpc) is 2.74. The monoisotopic (exact) mass is 321 g/mol. The van der Waals surface area contributed by atoms with Crippen LogP contribution in [0.4, 0.5) is 5.82 Å². The Labute approximate surface area is 139 Å². The van der Waals surface area contributed by atoms with E-state index in [1.807, 2.05) is 17.7 Å². The molecule has 6 nitrogen and oxygen atoms in total. The summed E-state index contributed by atoms with van der Waals surface area (Å²) in [6, 6.07) is 2.12. The van der Waals surface area contributed by atoms with Crippen LogP contribution in [0, 0.1) is 12.3 Å². The molecule has 0 saturated carbocycles. The summed E-state index contributed by atoms with van der Waals surface area (Å²) < 4.78 is 1.87. The van der Waals surface area contributed by atoms with Crippen molar-refractivity contribution < 1.29 is 4.79 Å². The standard InChI is InChI=1S/C17H31N5O/c1-12-9-14(22(20-12)16(2,3)4)19-15(23)10-21-8-7-13(18)17(5,6)11-21/h9,13H,7-8,10-11,18H2,1-6H3,(H,19,23). The first kappa shape index (κ1) is 17.9. The number of aromatic nitrogens is 2. The molecule has 130 valence electrons. The van der Waals surface area contributed by atoms with Gasteiger partial charge < -0.3 is 11.1 Å². The lowest BCUT2D eigenvalue weighted by Gasteiger charge is -2.42. The Morgan fingerprint density at radius 2 is 2.13 bits per heavy atom. The number of amides is 1. The normalized spacial score (nSPS) is 22.1. The summed E-state index contributed by atoms with van der Waals surface area (Å²) >= 11 is 0. The van der Waals surface area contributed by atoms with Crippen molar-refractivity contribution in [1.82, 2.24) is 14.7 Å². The van der Waals surface area contributed by atoms with E-state index in [0.717, 1.165) is 31.0 Å². The van der Waals surface area contributed by atoms with Crippen LogP contribution in [-0.2, 0) is 10.3 Å². The number of hydrogen-bond acceptors (Lipinski definition) is 4. The molecule has 1 atom stereocenters. The molecular formula is C17H31N5O. The minimum atomic E-state index is -0.170. The number of nitrogens with zero attached hydrogens (tertiary/aromatic N) is 3. The number of rotatable bonds is 3. The van der Waals surface area contributed by atoms with Crippen LogP contribution in [0.5, 0.6) is 0 Å². The van der Waals surface area contributed by atoms with Gasteiger partial charge in [0.1, 0.15) is 5.82 Å². The van der Waals surface area contributed by atoms with E-state index >= 15 is 0 Å². The molecule has 1 aliphatic heterocycles. The molecule has 1 saturated heterocycles. The lowest BCUT2D eigenvalue weighted by molar-refractivity contribution is -0.118. The molecule has 1 unspecified atom stereocenters. The maximum Gasteiger partial charge on any atom is 0.239 e. The summed E-state index contributed by atoms with van der Waals surface area (Å²) in [5.41, 5.74) is 6.94. The summed E-state index contributed by atoms with van der Waals surface area (Å²) in [6.45, 7) is 14.6. The molecule has 1 aliphatic rings. The number of anilines is 1. The molecule has 1 aromatic rings. The number of carbonyl (C=O) groups is 1. The van der Waals surface area contributed by atoms with Crippen LogP contribution in [0.15, 0.2) is 6.07 Å². The average molecular weight is 321 g/mol. The number of nitrogens with one attached hydrogen (secondary N) is 1. The minimum absolute atomic E-state index is 0.00155. The fourth-order valence-corrected chi connectivity index (χ4v) is 3.11. The van der Waals surface area contributed by atoms with Crippen LogP contribution < -0.4 is 11.1 Å². The molecule has 2 heterocycles. The predicted molar refractivity (Wildman–Crippen MR) is 93.4 cm³/mol. The molecule has 0 radical (unpaired) electrons. The van der Waals surface area contributed by atoms with Crippen LogP contribution in [0.3, 0.4) is 0 Å². The Morgan fingerprint density at radius 3 is 2.70 bits per heavy atom. The second-order valence-corrected chi connectivity index (χ2v) is 8.40. The van der Waals surface area contributed by atoms with Gasteiger partial charge in [-0.05, 0) is 39.5 Å². The first-order valence-electron chi connectivity index (χ1n) is 8.34. The van der Waals surface area contributed by atoms with E-state index in [1.54, 1.807) is 0 Å². The van der Waals surface area contributed by atoms with Crippen molar-refractivity contribution in [2.45, 2.75) is 59.5 Å². The summed E-state index contributed by atoms with van der Waals surface area (Å²) in [4.78, 5) is 14.6. The van der Waals surface area contributed by atoms with E-state index in [2.05, 4.69) is 49.9 Å². The van der Waals surface area contributed by atoms with Crippen molar-refractivity contribution in [3.05, 3.63) is 11.8 Å². The Hall–Kier alpha value is -1.40. The Balaban J connectivity index is 2.01. The molecule has 2 rings (SSSR count). The molecule has 0 aliphatic carbocycles. The smallest absolute Gasteiger partial charge is 0.239 e. The molecule has 23 heavy (non-hydrogen) atoms. The number of nitrogens with two attached hydrogens (primary N) is 1. The van der Waals surface area contributed by atoms with Gasteiger partial charge in [0, 0.05) is 25.2 Å². The van der Waals surface area contributed by atoms with E-state index in [0.29, 0.717) is 6.54 Å². The molecular weight excluding hydrogens is 290 g/mol. The van der Waals surface area contributed by atoms with Crippen LogP contribution in [0.2, 0.25) is 0 Å². The number of likely N-dealkylation sites (tertiary alicyclic amines) is 1. The highest BCUT2D eigenvalue weighted by Gasteiger charge is 2.34. The zero-order valence-corrected chi connectivity index (χ0v) is 15.3. The molecule has 1 fully saturated rings. The van der Waals surface area contributed by atoms with Crippen LogP contribution in [0.25, 0.3) is 0 Å². The van der Waals surface area contributed by atoms with Gasteiger partial charge in [0.25, 0.3) is 0 Å². The van der Waals surface area contributed by atoms with Gasteiger partial charge in [-0.1, -0.05) is 13.8 Å². The molecule has 1 amide bonds. The molecule has 6 heteroatoms. The molecule has 0 aromatic carbocycles. The second-order valence-electron chi connectivity index (χ2n) is 8.40. The maximum atomic E-state index is 12.4. The summed E-state index contributed by atoms with van der Waals surface area (Å²) in [5, 5.41) is 7.50. The van der Waals surface area contributed by atoms with Crippen LogP contribution in [0.1, 0.15) is 46.7 Å². The van der Waals surface area contributed by atoms with E-state index in [9.17, 15) is 4.79 Å². The summed E-state index contributed by atoms with van der Waals surface area (Å²) in [5.74, 6) is 0.759. The predicted octanol–water partition coefficient (Wildman–Crippen LogP) is 1.94. The first-order chi connectivity index (χ1) is 10.5. The lowest BCUT2D eigenvalue weighted by Crippen LogP contribution is -2.53. The number of hydrogen-bond donors (Lipinski definition) is 2. The van der Waals surface area contributed by atoms with Gasteiger partial charge in [-0.25, -0.2) is 4.68 Å². The van der Waals surface area contributed by atoms with E-state index in [-0.39, 0.29) is 22.9 Å². The number of carbonyl (C=O) groups excluding carboxylic acids is 1. The summed E-state index contributed by atoms with van der Waals surface area (Å²) in [7, 11) is 0. The van der Waals surface area contributed by atoms with Gasteiger partial charge in [-0.3, -0.25) is 9.69 Å². The van der Waals surface area contributed by atoms with Crippen LogP contribution >= 0.6 is 0 Å². The zero-order chi connectivity index (χ0) is 17.4. The Kier molecular flexibility index (Phi) is 4.87. The Bertz CT molecular complexity index is 570. The van der Waals surface area contributed by atoms with Crippen molar-refractivity contribution in [2.75, 3.05) is 25.0 Å². The largest absolute Gasteiger partial charge is 0.327 e. The number of piperidine rings is 1. The zero-order valence-electron chi connectivity index (χ0n) is 15.3. The summed E-state index contributed by atoms with van der Waals surface area (Å²) in [6.07, 6.45) is 0.930. The third-order valence-electron chi connectivity index (χ3n) is 4.49. The highest BCUT2D eigenvalue weighted by Crippen LogP contribution is 2.27. The highest BCUT2D eigenvalue weighted by molar-refractivity contribution is 5.91. The quantitative estimate of drug-likeness (QED) is 0.892. The highest BCUT2D eigenvalue weighted by atomic mass is 16.2. The lowest BCUT2D eigenvalue weighted by atomic mass is 9.80. The van der Waals surface area contributed by atoms with Gasteiger partial charge >= 0.3 is 0 Å². The van der Waals surface area contributed by atoms with Gasteiger partial charge in [-0.15, -0.1) is 0 Å². The van der Waals surface area contributed by atoms with Crippen molar-refractivity contribution in [3.8, 4) is 0 Å². The van der Waals surface area contributed by atoms with Gasteiger partial charge in [0.05, 0.1) is 17.8 Å². The van der Waals surface area contributed by atoms with E-state index in [1.165, 1.54) is 0 Å². The Morgan fingerprint density at radius 1 is 1.48 bits per heavy atom. The van der Waals surface area contributed by atoms with Crippen molar-refractivity contribution in [1.29, 1.82) is 0 Å². The van der Waals surface area contributed by atoms with Gasteiger partial charge in [0.2, 0.25) is 5.91 Å². The molecule has 0 spiro atoms. The van der Waals surface area contributed by atoms with Gasteiger partial charge in [-0.2, -0.15) is 5.10 Å². The number of aryl methyl sites for hydroxylation is 1. The fourth-order valence-electron chi connectivity index (χ4n) is 3.11.